The molecule has 1 aromatic heterocycles. The minimum Gasteiger partial charge on any atom is -0.359 e. The van der Waals surface area contributed by atoms with Crippen molar-refractivity contribution < 1.29 is 9.53 Å². The third-order valence-corrected chi connectivity index (χ3v) is 2.66. The maximum absolute atomic E-state index is 11.8. The number of carbonyl (C=O) groups excluding carboxylic acids is 1. The molecule has 5 heteroatoms. The molecule has 0 atom stereocenters. The third kappa shape index (κ3) is 1.78. The molecule has 1 aromatic rings. The predicted octanol–water partition coefficient (Wildman–Crippen LogP) is 1.27. The van der Waals surface area contributed by atoms with Gasteiger partial charge in [0.15, 0.2) is 0 Å². The molecular formula is C9H9BrN2O2. The molecule has 0 radical (unpaired) electrons. The average Bonchev–Trinajstić information content (AvgIpc) is 2.70. The molecule has 74 valence electrons. The number of carbonyl (C=O) groups is 1. The minimum atomic E-state index is -0.0394. The maximum Gasteiger partial charge on any atom is 0.258 e. The fraction of sp³-hybridized carbons (Fsp3) is 0.333. The van der Waals surface area contributed by atoms with Gasteiger partial charge in [0.05, 0.1) is 12.2 Å². The van der Waals surface area contributed by atoms with Crippen LogP contribution in [0.15, 0.2) is 22.9 Å². The summed E-state index contributed by atoms with van der Waals surface area (Å²) >= 11 is 3.24. The van der Waals surface area contributed by atoms with Crippen LogP contribution in [-0.2, 0) is 4.74 Å². The first kappa shape index (κ1) is 9.61. The SMILES string of the molecule is O=C(c1cccnc1Br)N1CCOC1. The van der Waals surface area contributed by atoms with Gasteiger partial charge in [-0.1, -0.05) is 0 Å². The van der Waals surface area contributed by atoms with E-state index in [-0.39, 0.29) is 5.91 Å². The van der Waals surface area contributed by atoms with Crippen LogP contribution in [0, 0.1) is 0 Å². The van der Waals surface area contributed by atoms with Gasteiger partial charge < -0.3 is 9.64 Å². The maximum atomic E-state index is 11.8. The Kier molecular flexibility index (Phi) is 2.79. The van der Waals surface area contributed by atoms with E-state index >= 15 is 0 Å². The van der Waals surface area contributed by atoms with Crippen molar-refractivity contribution in [2.45, 2.75) is 0 Å². The second-order valence-corrected chi connectivity index (χ2v) is 3.70. The van der Waals surface area contributed by atoms with Crippen molar-refractivity contribution in [3.8, 4) is 0 Å². The molecule has 2 heterocycles. The van der Waals surface area contributed by atoms with Crippen LogP contribution in [0.1, 0.15) is 10.4 Å². The van der Waals surface area contributed by atoms with E-state index in [2.05, 4.69) is 20.9 Å². The fourth-order valence-electron chi connectivity index (χ4n) is 1.29. The molecule has 14 heavy (non-hydrogen) atoms. The summed E-state index contributed by atoms with van der Waals surface area (Å²) in [6.07, 6.45) is 1.64. The van der Waals surface area contributed by atoms with Gasteiger partial charge in [-0.05, 0) is 28.1 Å². The number of hydrogen-bond donors (Lipinski definition) is 0. The highest BCUT2D eigenvalue weighted by atomic mass is 79.9. The van der Waals surface area contributed by atoms with E-state index < -0.39 is 0 Å². The summed E-state index contributed by atoms with van der Waals surface area (Å²) in [6.45, 7) is 1.64. The van der Waals surface area contributed by atoms with Crippen LogP contribution in [0.2, 0.25) is 0 Å². The summed E-state index contributed by atoms with van der Waals surface area (Å²) in [5, 5.41) is 0. The second-order valence-electron chi connectivity index (χ2n) is 2.95. The standard InChI is InChI=1S/C9H9BrN2O2/c10-8-7(2-1-3-11-8)9(13)12-4-5-14-6-12/h1-3H,4-6H2. The van der Waals surface area contributed by atoms with Gasteiger partial charge in [0.2, 0.25) is 0 Å². The lowest BCUT2D eigenvalue weighted by Crippen LogP contribution is -2.28. The van der Waals surface area contributed by atoms with E-state index in [1.807, 2.05) is 0 Å². The lowest BCUT2D eigenvalue weighted by Gasteiger charge is -2.13. The third-order valence-electron chi connectivity index (χ3n) is 2.03. The van der Waals surface area contributed by atoms with Crippen molar-refractivity contribution in [3.05, 3.63) is 28.5 Å². The number of aromatic nitrogens is 1. The summed E-state index contributed by atoms with van der Waals surface area (Å²) in [6, 6.07) is 3.49. The monoisotopic (exact) mass is 256 g/mol. The Morgan fingerprint density at radius 2 is 2.50 bits per heavy atom. The Balaban J connectivity index is 2.22. The zero-order valence-electron chi connectivity index (χ0n) is 7.44. The van der Waals surface area contributed by atoms with Crippen LogP contribution in [0.4, 0.5) is 0 Å². The zero-order chi connectivity index (χ0) is 9.97. The molecule has 1 aliphatic rings. The number of nitrogens with zero attached hydrogens (tertiary/aromatic N) is 2. The molecular weight excluding hydrogens is 248 g/mol. The molecule has 1 amide bonds. The van der Waals surface area contributed by atoms with Crippen molar-refractivity contribution in [1.82, 2.24) is 9.88 Å². The van der Waals surface area contributed by atoms with Gasteiger partial charge in [-0.3, -0.25) is 4.79 Å². The summed E-state index contributed by atoms with van der Waals surface area (Å²) in [7, 11) is 0. The van der Waals surface area contributed by atoms with Gasteiger partial charge in [-0.25, -0.2) is 4.98 Å². The Hall–Kier alpha value is -0.940. The lowest BCUT2D eigenvalue weighted by atomic mass is 10.2. The molecule has 0 spiro atoms. The molecule has 1 fully saturated rings. The topological polar surface area (TPSA) is 42.4 Å². The Labute approximate surface area is 90.0 Å². The van der Waals surface area contributed by atoms with E-state index in [0.717, 1.165) is 0 Å². The molecule has 0 saturated carbocycles. The van der Waals surface area contributed by atoms with E-state index in [0.29, 0.717) is 30.0 Å². The normalized spacial score (nSPS) is 15.9. The first-order valence-electron chi connectivity index (χ1n) is 4.26. The molecule has 0 N–H and O–H groups in total. The summed E-state index contributed by atoms with van der Waals surface area (Å²) < 4.78 is 5.69. The zero-order valence-corrected chi connectivity index (χ0v) is 9.03. The molecule has 0 unspecified atom stereocenters. The van der Waals surface area contributed by atoms with Crippen molar-refractivity contribution >= 4 is 21.8 Å². The number of amides is 1. The number of pyridine rings is 1. The van der Waals surface area contributed by atoms with Gasteiger partial charge in [-0.15, -0.1) is 0 Å². The fourth-order valence-corrected chi connectivity index (χ4v) is 1.71. The number of rotatable bonds is 1. The van der Waals surface area contributed by atoms with Crippen molar-refractivity contribution in [3.63, 3.8) is 0 Å². The largest absolute Gasteiger partial charge is 0.359 e. The van der Waals surface area contributed by atoms with E-state index in [4.69, 9.17) is 4.74 Å². The van der Waals surface area contributed by atoms with Crippen LogP contribution >= 0.6 is 15.9 Å². The summed E-state index contributed by atoms with van der Waals surface area (Å²) in [4.78, 5) is 17.5. The van der Waals surface area contributed by atoms with Gasteiger partial charge in [-0.2, -0.15) is 0 Å². The number of ether oxygens (including phenoxy) is 1. The highest BCUT2D eigenvalue weighted by Gasteiger charge is 2.21. The van der Waals surface area contributed by atoms with E-state index in [1.54, 1.807) is 23.2 Å². The second kappa shape index (κ2) is 4.06. The molecule has 4 nitrogen and oxygen atoms in total. The predicted molar refractivity (Wildman–Crippen MR) is 53.8 cm³/mol. The molecule has 0 bridgehead atoms. The number of halogens is 1. The van der Waals surface area contributed by atoms with E-state index in [9.17, 15) is 4.79 Å². The molecule has 1 saturated heterocycles. The molecule has 0 aromatic carbocycles. The Bertz CT molecular complexity index is 350. The van der Waals surface area contributed by atoms with Crippen molar-refractivity contribution in [1.29, 1.82) is 0 Å². The Morgan fingerprint density at radius 1 is 1.64 bits per heavy atom. The minimum absolute atomic E-state index is 0.0394. The first-order chi connectivity index (χ1) is 6.79. The van der Waals surface area contributed by atoms with Crippen LogP contribution in [0.3, 0.4) is 0 Å². The van der Waals surface area contributed by atoms with Crippen LogP contribution in [-0.4, -0.2) is 35.7 Å². The van der Waals surface area contributed by atoms with Gasteiger partial charge in [0.1, 0.15) is 11.3 Å². The van der Waals surface area contributed by atoms with Crippen LogP contribution < -0.4 is 0 Å². The average molecular weight is 257 g/mol. The van der Waals surface area contributed by atoms with Gasteiger partial charge >= 0.3 is 0 Å². The highest BCUT2D eigenvalue weighted by Crippen LogP contribution is 2.16. The van der Waals surface area contributed by atoms with E-state index in [1.165, 1.54) is 0 Å². The molecule has 2 rings (SSSR count). The highest BCUT2D eigenvalue weighted by molar-refractivity contribution is 9.10. The van der Waals surface area contributed by atoms with Gasteiger partial charge in [0, 0.05) is 12.7 Å². The smallest absolute Gasteiger partial charge is 0.258 e. The van der Waals surface area contributed by atoms with Crippen LogP contribution in [0.5, 0.6) is 0 Å². The number of hydrogen-bond acceptors (Lipinski definition) is 3. The Morgan fingerprint density at radius 3 is 3.14 bits per heavy atom. The summed E-state index contributed by atoms with van der Waals surface area (Å²) in [5.41, 5.74) is 0.581. The van der Waals surface area contributed by atoms with Crippen molar-refractivity contribution in [2.75, 3.05) is 19.9 Å². The van der Waals surface area contributed by atoms with Gasteiger partial charge in [0.25, 0.3) is 5.91 Å². The molecule has 0 aliphatic carbocycles. The van der Waals surface area contributed by atoms with Crippen LogP contribution in [0.25, 0.3) is 0 Å². The summed E-state index contributed by atoms with van der Waals surface area (Å²) in [5.74, 6) is -0.0394. The molecule has 1 aliphatic heterocycles. The quantitative estimate of drug-likeness (QED) is 0.711. The van der Waals surface area contributed by atoms with Crippen molar-refractivity contribution in [2.24, 2.45) is 0 Å². The lowest BCUT2D eigenvalue weighted by molar-refractivity contribution is 0.0693. The first-order valence-corrected chi connectivity index (χ1v) is 5.06.